The first kappa shape index (κ1) is 15.5. The predicted octanol–water partition coefficient (Wildman–Crippen LogP) is 2.86. The molecule has 1 aliphatic heterocycles. The lowest BCUT2D eigenvalue weighted by Gasteiger charge is -2.23. The maximum absolute atomic E-state index is 5.77. The van der Waals surface area contributed by atoms with Crippen molar-refractivity contribution in [3.8, 4) is 5.75 Å². The van der Waals surface area contributed by atoms with E-state index in [9.17, 15) is 0 Å². The summed E-state index contributed by atoms with van der Waals surface area (Å²) in [6, 6.07) is 8.01. The standard InChI is InChI=1S/C16H19BrN2O3/c1-11-6-13(19-22-11)10-21-16-3-2-12(8-15(16)17)7-14-9-18-4-5-20-14/h2-3,6,8,14,18H,4-5,7,9-10H2,1H3. The molecule has 0 saturated carbocycles. The number of halogens is 1. The maximum Gasteiger partial charge on any atom is 0.134 e. The fourth-order valence-corrected chi connectivity index (χ4v) is 2.98. The Morgan fingerprint density at radius 3 is 3.00 bits per heavy atom. The SMILES string of the molecule is Cc1cc(COc2ccc(CC3CNCCO3)cc2Br)no1. The molecule has 22 heavy (non-hydrogen) atoms. The van der Waals surface area contributed by atoms with Gasteiger partial charge in [-0.05, 0) is 47.0 Å². The van der Waals surface area contributed by atoms with Gasteiger partial charge in [0.15, 0.2) is 0 Å². The fraction of sp³-hybridized carbons (Fsp3) is 0.438. The van der Waals surface area contributed by atoms with Crippen molar-refractivity contribution in [1.82, 2.24) is 10.5 Å². The molecular formula is C16H19BrN2O3. The third-order valence-electron chi connectivity index (χ3n) is 3.52. The van der Waals surface area contributed by atoms with E-state index in [4.69, 9.17) is 14.0 Å². The van der Waals surface area contributed by atoms with Crippen molar-refractivity contribution in [2.75, 3.05) is 19.7 Å². The first-order valence-electron chi connectivity index (χ1n) is 7.36. The van der Waals surface area contributed by atoms with Gasteiger partial charge in [0.25, 0.3) is 0 Å². The van der Waals surface area contributed by atoms with Crippen molar-refractivity contribution >= 4 is 15.9 Å². The molecule has 0 aliphatic carbocycles. The number of hydrogen-bond acceptors (Lipinski definition) is 5. The minimum atomic E-state index is 0.241. The average Bonchev–Trinajstić information content (AvgIpc) is 2.93. The van der Waals surface area contributed by atoms with E-state index in [1.807, 2.05) is 19.1 Å². The maximum atomic E-state index is 5.77. The molecule has 0 amide bonds. The van der Waals surface area contributed by atoms with E-state index in [0.29, 0.717) is 6.61 Å². The van der Waals surface area contributed by atoms with Crippen molar-refractivity contribution in [1.29, 1.82) is 0 Å². The summed E-state index contributed by atoms with van der Waals surface area (Å²) in [5, 5.41) is 7.26. The predicted molar refractivity (Wildman–Crippen MR) is 86.0 cm³/mol. The lowest BCUT2D eigenvalue weighted by Crippen LogP contribution is -2.39. The zero-order chi connectivity index (χ0) is 15.4. The highest BCUT2D eigenvalue weighted by atomic mass is 79.9. The molecule has 2 heterocycles. The Kier molecular flexibility index (Phi) is 5.12. The van der Waals surface area contributed by atoms with Crippen LogP contribution in [0.15, 0.2) is 33.3 Å². The second kappa shape index (κ2) is 7.26. The quantitative estimate of drug-likeness (QED) is 0.881. The summed E-state index contributed by atoms with van der Waals surface area (Å²) >= 11 is 3.57. The van der Waals surface area contributed by atoms with Crippen LogP contribution in [0, 0.1) is 6.92 Å². The summed E-state index contributed by atoms with van der Waals surface area (Å²) < 4.78 is 17.5. The van der Waals surface area contributed by atoms with Crippen LogP contribution in [0.3, 0.4) is 0 Å². The topological polar surface area (TPSA) is 56.5 Å². The average molecular weight is 367 g/mol. The van der Waals surface area contributed by atoms with Crippen LogP contribution in [0.1, 0.15) is 17.0 Å². The first-order chi connectivity index (χ1) is 10.7. The molecule has 118 valence electrons. The molecular weight excluding hydrogens is 348 g/mol. The Morgan fingerprint density at radius 1 is 1.41 bits per heavy atom. The molecule has 0 radical (unpaired) electrons. The molecule has 1 saturated heterocycles. The summed E-state index contributed by atoms with van der Waals surface area (Å²) in [4.78, 5) is 0. The van der Waals surface area contributed by atoms with Gasteiger partial charge in [-0.3, -0.25) is 0 Å². The van der Waals surface area contributed by atoms with Gasteiger partial charge < -0.3 is 19.3 Å². The highest BCUT2D eigenvalue weighted by Gasteiger charge is 2.14. The molecule has 2 aromatic rings. The second-order valence-corrected chi connectivity index (χ2v) is 6.24. The minimum Gasteiger partial charge on any atom is -0.486 e. The molecule has 6 heteroatoms. The van der Waals surface area contributed by atoms with E-state index in [0.717, 1.165) is 47.8 Å². The Bertz CT molecular complexity index is 624. The number of benzene rings is 1. The van der Waals surface area contributed by atoms with E-state index in [-0.39, 0.29) is 6.10 Å². The van der Waals surface area contributed by atoms with Crippen LogP contribution < -0.4 is 10.1 Å². The number of hydrogen-bond donors (Lipinski definition) is 1. The molecule has 1 fully saturated rings. The van der Waals surface area contributed by atoms with Crippen LogP contribution in [0.25, 0.3) is 0 Å². The number of morpholine rings is 1. The van der Waals surface area contributed by atoms with Gasteiger partial charge in [-0.15, -0.1) is 0 Å². The van der Waals surface area contributed by atoms with Crippen LogP contribution in [-0.4, -0.2) is 31.0 Å². The Labute approximate surface area is 138 Å². The largest absolute Gasteiger partial charge is 0.486 e. The molecule has 1 aromatic carbocycles. The van der Waals surface area contributed by atoms with E-state index < -0.39 is 0 Å². The lowest BCUT2D eigenvalue weighted by atomic mass is 10.1. The third kappa shape index (κ3) is 4.09. The molecule has 1 unspecified atom stereocenters. The summed E-state index contributed by atoms with van der Waals surface area (Å²) in [6.45, 7) is 4.88. The molecule has 1 atom stereocenters. The number of aryl methyl sites for hydroxylation is 1. The van der Waals surface area contributed by atoms with Crippen molar-refractivity contribution in [3.63, 3.8) is 0 Å². The van der Waals surface area contributed by atoms with Gasteiger partial charge in [-0.2, -0.15) is 0 Å². The van der Waals surface area contributed by atoms with Gasteiger partial charge in [0, 0.05) is 19.2 Å². The molecule has 1 aliphatic rings. The van der Waals surface area contributed by atoms with Crippen molar-refractivity contribution < 1.29 is 14.0 Å². The number of ether oxygens (including phenoxy) is 2. The van der Waals surface area contributed by atoms with Crippen molar-refractivity contribution in [3.05, 3.63) is 45.8 Å². The minimum absolute atomic E-state index is 0.241. The summed E-state index contributed by atoms with van der Waals surface area (Å²) in [7, 11) is 0. The van der Waals surface area contributed by atoms with Crippen LogP contribution in [0.5, 0.6) is 5.75 Å². The summed E-state index contributed by atoms with van der Waals surface area (Å²) in [5.41, 5.74) is 2.01. The van der Waals surface area contributed by atoms with E-state index in [1.54, 1.807) is 0 Å². The van der Waals surface area contributed by atoms with Gasteiger partial charge in [0.05, 0.1) is 17.2 Å². The molecule has 0 bridgehead atoms. The zero-order valence-corrected chi connectivity index (χ0v) is 14.1. The smallest absolute Gasteiger partial charge is 0.134 e. The van der Waals surface area contributed by atoms with Gasteiger partial charge in [-0.1, -0.05) is 11.2 Å². The number of aromatic nitrogens is 1. The van der Waals surface area contributed by atoms with E-state index in [1.165, 1.54) is 5.56 Å². The molecule has 5 nitrogen and oxygen atoms in total. The lowest BCUT2D eigenvalue weighted by molar-refractivity contribution is 0.0292. The highest BCUT2D eigenvalue weighted by Crippen LogP contribution is 2.27. The Morgan fingerprint density at radius 2 is 2.32 bits per heavy atom. The molecule has 1 aromatic heterocycles. The number of nitrogens with zero attached hydrogens (tertiary/aromatic N) is 1. The molecule has 3 rings (SSSR count). The number of rotatable bonds is 5. The van der Waals surface area contributed by atoms with E-state index in [2.05, 4.69) is 38.5 Å². The van der Waals surface area contributed by atoms with Crippen LogP contribution in [0.2, 0.25) is 0 Å². The Balaban J connectivity index is 1.59. The van der Waals surface area contributed by atoms with Gasteiger partial charge >= 0.3 is 0 Å². The monoisotopic (exact) mass is 366 g/mol. The second-order valence-electron chi connectivity index (χ2n) is 5.38. The third-order valence-corrected chi connectivity index (χ3v) is 4.14. The van der Waals surface area contributed by atoms with Crippen LogP contribution >= 0.6 is 15.9 Å². The van der Waals surface area contributed by atoms with Gasteiger partial charge in [0.2, 0.25) is 0 Å². The Hall–Kier alpha value is -1.37. The van der Waals surface area contributed by atoms with Crippen molar-refractivity contribution in [2.24, 2.45) is 0 Å². The fourth-order valence-electron chi connectivity index (χ4n) is 2.44. The first-order valence-corrected chi connectivity index (χ1v) is 8.16. The van der Waals surface area contributed by atoms with Crippen LogP contribution in [0.4, 0.5) is 0 Å². The van der Waals surface area contributed by atoms with E-state index >= 15 is 0 Å². The van der Waals surface area contributed by atoms with Crippen molar-refractivity contribution in [2.45, 2.75) is 26.1 Å². The zero-order valence-electron chi connectivity index (χ0n) is 12.5. The van der Waals surface area contributed by atoms with Gasteiger partial charge in [0.1, 0.15) is 23.8 Å². The summed E-state index contributed by atoms with van der Waals surface area (Å²) in [6.07, 6.45) is 1.14. The normalized spacial score (nSPS) is 18.4. The summed E-state index contributed by atoms with van der Waals surface area (Å²) in [5.74, 6) is 1.58. The highest BCUT2D eigenvalue weighted by molar-refractivity contribution is 9.10. The molecule has 1 N–H and O–H groups in total. The molecule has 0 spiro atoms. The number of nitrogens with one attached hydrogen (secondary N) is 1. The van der Waals surface area contributed by atoms with Crippen LogP contribution in [-0.2, 0) is 17.8 Å². The van der Waals surface area contributed by atoms with Gasteiger partial charge in [-0.25, -0.2) is 0 Å².